The summed E-state index contributed by atoms with van der Waals surface area (Å²) in [7, 11) is -1.91. The third-order valence-corrected chi connectivity index (χ3v) is 2.37. The van der Waals surface area contributed by atoms with Crippen molar-refractivity contribution in [3.05, 3.63) is 52.9 Å². The molecule has 0 aliphatic heterocycles. The van der Waals surface area contributed by atoms with Crippen LogP contribution in [0.4, 0.5) is 0 Å². The first-order chi connectivity index (χ1) is 8.09. The molecule has 6 heteroatoms. The fourth-order valence-electron chi connectivity index (χ4n) is 1.52. The van der Waals surface area contributed by atoms with Gasteiger partial charge in [-0.25, -0.2) is 0 Å². The normalized spacial score (nSPS) is 10.2. The molecule has 5 nitrogen and oxygen atoms in total. The minimum atomic E-state index is -1.91. The van der Waals surface area contributed by atoms with Gasteiger partial charge >= 0.3 is 7.12 Å². The third kappa shape index (κ3) is 2.22. The highest BCUT2D eigenvalue weighted by molar-refractivity contribution is 6.58. The van der Waals surface area contributed by atoms with Gasteiger partial charge in [0.1, 0.15) is 0 Å². The highest BCUT2D eigenvalue weighted by Gasteiger charge is 2.18. The molecule has 0 spiro atoms. The Morgan fingerprint density at radius 1 is 1.06 bits per heavy atom. The molecular weight excluding hydrogens is 221 g/mol. The first-order valence-corrected chi connectivity index (χ1v) is 4.96. The Labute approximate surface area is 97.4 Å². The zero-order chi connectivity index (χ0) is 12.4. The molecule has 1 aromatic heterocycles. The lowest BCUT2D eigenvalue weighted by atomic mass is 9.81. The molecule has 0 bridgehead atoms. The molecule has 0 amide bonds. The van der Waals surface area contributed by atoms with Crippen LogP contribution in [-0.2, 0) is 0 Å². The summed E-state index contributed by atoms with van der Waals surface area (Å²) >= 11 is 0. The van der Waals surface area contributed by atoms with Crippen LogP contribution in [0.1, 0.15) is 0 Å². The second kappa shape index (κ2) is 4.44. The fraction of sp³-hybridized carbons (Fsp3) is 0. The lowest BCUT2D eigenvalue weighted by Gasteiger charge is -2.09. The zero-order valence-corrected chi connectivity index (χ0v) is 8.82. The summed E-state index contributed by atoms with van der Waals surface area (Å²) < 4.78 is 1.45. The number of hydrogen-bond donors (Lipinski definition) is 3. The number of hydrogen-bond acceptors (Lipinski definition) is 4. The summed E-state index contributed by atoms with van der Waals surface area (Å²) in [5.74, 6) is -0.528. The summed E-state index contributed by atoms with van der Waals surface area (Å²) in [6.45, 7) is 0. The van der Waals surface area contributed by atoms with Crippen LogP contribution in [-0.4, -0.2) is 26.8 Å². The zero-order valence-electron chi connectivity index (χ0n) is 8.82. The Balaban J connectivity index is 2.62. The summed E-state index contributed by atoms with van der Waals surface area (Å²) in [4.78, 5) is 11.4. The molecule has 0 aliphatic carbocycles. The van der Waals surface area contributed by atoms with Gasteiger partial charge in [-0.3, -0.25) is 4.79 Å². The van der Waals surface area contributed by atoms with Crippen molar-refractivity contribution < 1.29 is 15.2 Å². The number of benzene rings is 1. The van der Waals surface area contributed by atoms with Gasteiger partial charge < -0.3 is 19.7 Å². The molecule has 3 N–H and O–H groups in total. The number of rotatable bonds is 2. The number of pyridine rings is 1. The molecule has 0 radical (unpaired) electrons. The molecule has 2 aromatic rings. The average Bonchev–Trinajstić information content (AvgIpc) is 2.33. The molecule has 1 aromatic carbocycles. The van der Waals surface area contributed by atoms with Crippen molar-refractivity contribution in [2.45, 2.75) is 0 Å². The van der Waals surface area contributed by atoms with Gasteiger partial charge in [-0.1, -0.05) is 18.2 Å². The van der Waals surface area contributed by atoms with E-state index in [1.54, 1.807) is 24.3 Å². The second-order valence-electron chi connectivity index (χ2n) is 3.54. The number of aromatic nitrogens is 1. The minimum absolute atomic E-state index is 0.270. The summed E-state index contributed by atoms with van der Waals surface area (Å²) in [6.07, 6.45) is 2.51. The van der Waals surface area contributed by atoms with Crippen molar-refractivity contribution in [3.8, 4) is 11.4 Å². The lowest BCUT2D eigenvalue weighted by molar-refractivity contribution is 0.423. The summed E-state index contributed by atoms with van der Waals surface area (Å²) in [5, 5.41) is 27.5. The highest BCUT2D eigenvalue weighted by atomic mass is 16.4. The van der Waals surface area contributed by atoms with Crippen LogP contribution < -0.4 is 10.9 Å². The maximum absolute atomic E-state index is 11.4. The molecule has 0 saturated carbocycles. The Morgan fingerprint density at radius 3 is 2.29 bits per heavy atom. The van der Waals surface area contributed by atoms with Gasteiger partial charge in [-0.2, -0.15) is 0 Å². The molecule has 0 aliphatic rings. The average molecular weight is 231 g/mol. The van der Waals surface area contributed by atoms with Gasteiger partial charge in [0.25, 0.3) is 0 Å². The Hall–Kier alpha value is -2.05. The molecule has 0 saturated heterocycles. The van der Waals surface area contributed by atoms with Crippen molar-refractivity contribution >= 4 is 12.6 Å². The van der Waals surface area contributed by atoms with Gasteiger partial charge in [0.2, 0.25) is 5.43 Å². The molecule has 17 heavy (non-hydrogen) atoms. The van der Waals surface area contributed by atoms with E-state index in [0.717, 1.165) is 0 Å². The maximum Gasteiger partial charge on any atom is 0.494 e. The van der Waals surface area contributed by atoms with Crippen LogP contribution in [0, 0.1) is 0 Å². The van der Waals surface area contributed by atoms with E-state index >= 15 is 0 Å². The van der Waals surface area contributed by atoms with Gasteiger partial charge in [-0.15, -0.1) is 0 Å². The molecular formula is C11H10BNO4. The van der Waals surface area contributed by atoms with Crippen LogP contribution in [0.15, 0.2) is 47.5 Å². The van der Waals surface area contributed by atoms with E-state index in [0.29, 0.717) is 5.69 Å². The minimum Gasteiger partial charge on any atom is -0.503 e. The van der Waals surface area contributed by atoms with E-state index in [2.05, 4.69) is 0 Å². The second-order valence-corrected chi connectivity index (χ2v) is 3.54. The van der Waals surface area contributed by atoms with E-state index in [-0.39, 0.29) is 5.46 Å². The van der Waals surface area contributed by atoms with Crippen LogP contribution in [0.5, 0.6) is 5.75 Å². The number of nitrogens with zero attached hydrogens (tertiary/aromatic N) is 1. The predicted octanol–water partition coefficient (Wildman–Crippen LogP) is -0.777. The fourth-order valence-corrected chi connectivity index (χ4v) is 1.52. The SMILES string of the molecule is O=c1c(O)cn(-c2ccccc2)cc1B(O)O. The van der Waals surface area contributed by atoms with Crippen LogP contribution in [0.2, 0.25) is 0 Å². The Bertz CT molecular complexity index is 580. The molecule has 0 atom stereocenters. The van der Waals surface area contributed by atoms with Crippen molar-refractivity contribution in [1.82, 2.24) is 4.57 Å². The standard InChI is InChI=1S/C11H10BNO4/c14-10-7-13(8-4-2-1-3-5-8)6-9(11(10)15)12(16)17/h1-7,14,16-17H. The smallest absolute Gasteiger partial charge is 0.494 e. The van der Waals surface area contributed by atoms with Gasteiger partial charge in [-0.05, 0) is 12.1 Å². The molecule has 86 valence electrons. The third-order valence-electron chi connectivity index (χ3n) is 2.37. The highest BCUT2D eigenvalue weighted by Crippen LogP contribution is 2.08. The van der Waals surface area contributed by atoms with E-state index in [4.69, 9.17) is 10.0 Å². The molecule has 2 rings (SSSR count). The van der Waals surface area contributed by atoms with E-state index < -0.39 is 18.3 Å². The number of aromatic hydroxyl groups is 1. The van der Waals surface area contributed by atoms with Gasteiger partial charge in [0.05, 0.1) is 11.7 Å². The van der Waals surface area contributed by atoms with Gasteiger partial charge in [0, 0.05) is 11.9 Å². The maximum atomic E-state index is 11.4. The number of para-hydroxylation sites is 1. The van der Waals surface area contributed by atoms with E-state index in [1.165, 1.54) is 17.0 Å². The van der Waals surface area contributed by atoms with Gasteiger partial charge in [0.15, 0.2) is 5.75 Å². The summed E-state index contributed by atoms with van der Waals surface area (Å²) in [5.41, 5.74) is -0.356. The molecule has 0 unspecified atom stereocenters. The largest absolute Gasteiger partial charge is 0.503 e. The quantitative estimate of drug-likeness (QED) is 0.592. The first-order valence-electron chi connectivity index (χ1n) is 4.96. The monoisotopic (exact) mass is 231 g/mol. The molecule has 0 fully saturated rings. The van der Waals surface area contributed by atoms with E-state index in [9.17, 15) is 9.90 Å². The van der Waals surface area contributed by atoms with Crippen molar-refractivity contribution in [3.63, 3.8) is 0 Å². The summed E-state index contributed by atoms with van der Waals surface area (Å²) in [6, 6.07) is 8.93. The van der Waals surface area contributed by atoms with Crippen molar-refractivity contribution in [1.29, 1.82) is 0 Å². The van der Waals surface area contributed by atoms with E-state index in [1.807, 2.05) is 6.07 Å². The van der Waals surface area contributed by atoms with Crippen LogP contribution in [0.3, 0.4) is 0 Å². The first kappa shape index (κ1) is 11.4. The predicted molar refractivity (Wildman–Crippen MR) is 63.5 cm³/mol. The lowest BCUT2D eigenvalue weighted by Crippen LogP contribution is -2.42. The Morgan fingerprint density at radius 2 is 1.71 bits per heavy atom. The topological polar surface area (TPSA) is 82.7 Å². The molecule has 1 heterocycles. The van der Waals surface area contributed by atoms with Crippen molar-refractivity contribution in [2.75, 3.05) is 0 Å². The van der Waals surface area contributed by atoms with Crippen LogP contribution in [0.25, 0.3) is 5.69 Å². The van der Waals surface area contributed by atoms with Crippen LogP contribution >= 0.6 is 0 Å². The van der Waals surface area contributed by atoms with Crippen molar-refractivity contribution in [2.24, 2.45) is 0 Å². The Kier molecular flexibility index (Phi) is 2.99.